The molecule has 3 aromatic rings. The normalized spacial score (nSPS) is 15.2. The summed E-state index contributed by atoms with van der Waals surface area (Å²) in [6.45, 7) is 4.28. The maximum Gasteiger partial charge on any atom is 0.417 e. The molecule has 0 aliphatic heterocycles. The van der Waals surface area contributed by atoms with E-state index >= 15 is 0 Å². The van der Waals surface area contributed by atoms with Crippen LogP contribution in [0, 0.1) is 0 Å². The van der Waals surface area contributed by atoms with Crippen molar-refractivity contribution in [2.24, 2.45) is 0 Å². The summed E-state index contributed by atoms with van der Waals surface area (Å²) in [5, 5.41) is 11.2. The lowest BCUT2D eigenvalue weighted by molar-refractivity contribution is -0.266. The van der Waals surface area contributed by atoms with Gasteiger partial charge >= 0.3 is 6.18 Å². The molecule has 0 saturated carbocycles. The molecule has 1 atom stereocenters. The predicted octanol–water partition coefficient (Wildman–Crippen LogP) is 4.62. The maximum atomic E-state index is 14.3. The van der Waals surface area contributed by atoms with Crippen molar-refractivity contribution in [3.8, 4) is 0 Å². The molecule has 0 spiro atoms. The zero-order valence-corrected chi connectivity index (χ0v) is 22.3. The molecule has 0 fully saturated rings. The second kappa shape index (κ2) is 9.30. The van der Waals surface area contributed by atoms with Crippen LogP contribution >= 0.6 is 11.6 Å². The van der Waals surface area contributed by atoms with Gasteiger partial charge in [-0.05, 0) is 41.7 Å². The third-order valence-electron chi connectivity index (χ3n) is 6.05. The number of halogens is 4. The van der Waals surface area contributed by atoms with Gasteiger partial charge in [-0.3, -0.25) is 0 Å². The van der Waals surface area contributed by atoms with Gasteiger partial charge < -0.3 is 10.1 Å². The van der Waals surface area contributed by atoms with Gasteiger partial charge in [-0.25, -0.2) is 21.8 Å². The molecule has 0 aliphatic carbocycles. The lowest BCUT2D eigenvalue weighted by atomic mass is 9.73. The van der Waals surface area contributed by atoms with Crippen LogP contribution in [0.5, 0.6) is 0 Å². The molecule has 1 unspecified atom stereocenters. The highest BCUT2D eigenvalue weighted by atomic mass is 35.5. The molecule has 2 N–H and O–H groups in total. The van der Waals surface area contributed by atoms with Crippen molar-refractivity contribution in [3.05, 3.63) is 52.8 Å². The van der Waals surface area contributed by atoms with Crippen LogP contribution in [0.1, 0.15) is 38.4 Å². The summed E-state index contributed by atoms with van der Waals surface area (Å²) >= 11 is 5.93. The van der Waals surface area contributed by atoms with Crippen LogP contribution in [-0.2, 0) is 31.5 Å². The van der Waals surface area contributed by atoms with Crippen molar-refractivity contribution in [2.45, 2.75) is 60.7 Å². The van der Waals surface area contributed by atoms with Crippen LogP contribution in [-0.4, -0.2) is 55.7 Å². The standard InChI is InChI=1S/C23H26ClF3N2O5S2/c1-5-36(33,34)20-9-14-8-16(29-18(14)12-28-20)11-22(30,23(25,26)27)13-21(2,3)17-7-6-15(24)10-19(17)35(4,31)32/h6-10,12,29-30H,5,11,13H2,1-4H3. The van der Waals surface area contributed by atoms with Gasteiger partial charge in [0.1, 0.15) is 0 Å². The van der Waals surface area contributed by atoms with Crippen LogP contribution in [0.3, 0.4) is 0 Å². The minimum atomic E-state index is -5.08. The molecule has 2 aromatic heterocycles. The highest BCUT2D eigenvalue weighted by Crippen LogP contribution is 2.44. The van der Waals surface area contributed by atoms with Gasteiger partial charge in [-0.2, -0.15) is 13.2 Å². The van der Waals surface area contributed by atoms with E-state index in [1.165, 1.54) is 57.3 Å². The molecule has 0 bridgehead atoms. The van der Waals surface area contributed by atoms with Crippen molar-refractivity contribution in [1.29, 1.82) is 0 Å². The van der Waals surface area contributed by atoms with E-state index < -0.39 is 49.7 Å². The minimum absolute atomic E-state index is 0.00733. The molecule has 1 aromatic carbocycles. The Labute approximate surface area is 212 Å². The quantitative estimate of drug-likeness (QED) is 0.411. The lowest BCUT2D eigenvalue weighted by Gasteiger charge is -2.38. The Morgan fingerprint density at radius 2 is 1.72 bits per heavy atom. The number of aromatic nitrogens is 2. The van der Waals surface area contributed by atoms with E-state index in [-0.39, 0.29) is 32.0 Å². The fourth-order valence-electron chi connectivity index (χ4n) is 4.25. The first-order valence-electron chi connectivity index (χ1n) is 10.8. The van der Waals surface area contributed by atoms with Crippen LogP contribution in [0.15, 0.2) is 46.5 Å². The number of rotatable bonds is 8. The maximum absolute atomic E-state index is 14.3. The Kier molecular flexibility index (Phi) is 7.34. The summed E-state index contributed by atoms with van der Waals surface area (Å²) in [5.74, 6) is -0.189. The summed E-state index contributed by atoms with van der Waals surface area (Å²) in [5.41, 5.74) is -4.29. The molecule has 0 amide bonds. The van der Waals surface area contributed by atoms with Gasteiger partial charge in [-0.1, -0.05) is 38.4 Å². The van der Waals surface area contributed by atoms with Crippen LogP contribution < -0.4 is 0 Å². The monoisotopic (exact) mass is 566 g/mol. The Hall–Kier alpha value is -2.15. The Balaban J connectivity index is 2.05. The summed E-state index contributed by atoms with van der Waals surface area (Å²) in [7, 11) is -7.46. The van der Waals surface area contributed by atoms with E-state index in [0.717, 1.165) is 6.26 Å². The first-order valence-corrected chi connectivity index (χ1v) is 14.7. The van der Waals surface area contributed by atoms with E-state index in [4.69, 9.17) is 11.6 Å². The van der Waals surface area contributed by atoms with Crippen molar-refractivity contribution in [1.82, 2.24) is 9.97 Å². The smallest absolute Gasteiger partial charge is 0.380 e. The number of alkyl halides is 3. The summed E-state index contributed by atoms with van der Waals surface area (Å²) in [6, 6.07) is 6.50. The lowest BCUT2D eigenvalue weighted by Crippen LogP contribution is -2.51. The number of hydrogen-bond donors (Lipinski definition) is 2. The number of H-pyrrole nitrogens is 1. The number of nitrogens with zero attached hydrogens (tertiary/aromatic N) is 1. The summed E-state index contributed by atoms with van der Waals surface area (Å²) < 4.78 is 91.7. The first kappa shape index (κ1) is 28.4. The molecule has 13 heteroatoms. The fraction of sp³-hybridized carbons (Fsp3) is 0.435. The number of aromatic amines is 1. The molecule has 7 nitrogen and oxygen atoms in total. The number of hydrogen-bond acceptors (Lipinski definition) is 6. The molecule has 0 saturated heterocycles. The Morgan fingerprint density at radius 1 is 1.08 bits per heavy atom. The molecule has 0 aliphatic rings. The van der Waals surface area contributed by atoms with E-state index in [1.54, 1.807) is 0 Å². The summed E-state index contributed by atoms with van der Waals surface area (Å²) in [4.78, 5) is 6.42. The fourth-order valence-corrected chi connectivity index (χ4v) is 6.39. The third kappa shape index (κ3) is 5.71. The van der Waals surface area contributed by atoms with Crippen molar-refractivity contribution in [3.63, 3.8) is 0 Å². The largest absolute Gasteiger partial charge is 0.417 e. The topological polar surface area (TPSA) is 117 Å². The molecule has 36 heavy (non-hydrogen) atoms. The number of benzene rings is 1. The van der Waals surface area contributed by atoms with Crippen molar-refractivity contribution < 1.29 is 35.1 Å². The van der Waals surface area contributed by atoms with Crippen molar-refractivity contribution in [2.75, 3.05) is 12.0 Å². The van der Waals surface area contributed by atoms with Crippen molar-refractivity contribution >= 4 is 42.2 Å². The van der Waals surface area contributed by atoms with Gasteiger partial charge in [-0.15, -0.1) is 0 Å². The Morgan fingerprint density at radius 3 is 2.28 bits per heavy atom. The van der Waals surface area contributed by atoms with Gasteiger partial charge in [0, 0.05) is 28.8 Å². The van der Waals surface area contributed by atoms with Crippen LogP contribution in [0.4, 0.5) is 13.2 Å². The average molecular weight is 567 g/mol. The van der Waals surface area contributed by atoms with Crippen LogP contribution in [0.2, 0.25) is 5.02 Å². The van der Waals surface area contributed by atoms with Gasteiger partial charge in [0.2, 0.25) is 0 Å². The average Bonchev–Trinajstić information content (AvgIpc) is 3.12. The number of fused-ring (bicyclic) bond motifs is 1. The second-order valence-electron chi connectivity index (χ2n) is 9.49. The number of nitrogens with one attached hydrogen (secondary N) is 1. The first-order chi connectivity index (χ1) is 16.3. The Bertz CT molecular complexity index is 1520. The number of pyridine rings is 1. The number of sulfone groups is 2. The predicted molar refractivity (Wildman–Crippen MR) is 131 cm³/mol. The highest BCUT2D eigenvalue weighted by molar-refractivity contribution is 7.91. The van der Waals surface area contributed by atoms with Gasteiger partial charge in [0.25, 0.3) is 0 Å². The molecule has 3 rings (SSSR count). The van der Waals surface area contributed by atoms with Gasteiger partial charge in [0.05, 0.1) is 22.4 Å². The summed E-state index contributed by atoms with van der Waals surface area (Å²) in [6.07, 6.45) is -4.68. The molecule has 198 valence electrons. The molecule has 2 heterocycles. The number of aliphatic hydroxyl groups is 1. The van der Waals surface area contributed by atoms with E-state index in [9.17, 15) is 35.1 Å². The van der Waals surface area contributed by atoms with Crippen LogP contribution in [0.25, 0.3) is 10.9 Å². The second-order valence-corrected chi connectivity index (χ2v) is 14.1. The molecular weight excluding hydrogens is 541 g/mol. The van der Waals surface area contributed by atoms with E-state index in [1.807, 2.05) is 0 Å². The highest BCUT2D eigenvalue weighted by Gasteiger charge is 2.56. The minimum Gasteiger partial charge on any atom is -0.380 e. The SMILES string of the molecule is CCS(=O)(=O)c1cc2cc(CC(O)(CC(C)(C)c3ccc(Cl)cc3S(C)(=O)=O)C(F)(F)F)[nH]c2cn1. The zero-order valence-electron chi connectivity index (χ0n) is 19.9. The van der Waals surface area contributed by atoms with Gasteiger partial charge in [0.15, 0.2) is 30.3 Å². The molecule has 0 radical (unpaired) electrons. The molecular formula is C23H26ClF3N2O5S2. The zero-order chi connectivity index (χ0) is 27.3. The van der Waals surface area contributed by atoms with E-state index in [2.05, 4.69) is 9.97 Å². The third-order valence-corrected chi connectivity index (χ3v) is 9.04. The van der Waals surface area contributed by atoms with E-state index in [0.29, 0.717) is 10.9 Å².